The maximum absolute atomic E-state index is 9.86. The van der Waals surface area contributed by atoms with E-state index >= 15 is 0 Å². The molecule has 1 aliphatic rings. The third-order valence-corrected chi connectivity index (χ3v) is 4.27. The van der Waals surface area contributed by atoms with Gasteiger partial charge in [0.25, 0.3) is 0 Å². The normalized spacial score (nSPS) is 31.6. The van der Waals surface area contributed by atoms with Gasteiger partial charge in [-0.1, -0.05) is 51.9 Å². The first-order valence-corrected chi connectivity index (χ1v) is 7.91. The fraction of sp³-hybridized carbons (Fsp3) is 1.00. The van der Waals surface area contributed by atoms with Gasteiger partial charge >= 0.3 is 0 Å². The first-order valence-electron chi connectivity index (χ1n) is 7.91. The summed E-state index contributed by atoms with van der Waals surface area (Å²) in [4.78, 5) is 0. The van der Waals surface area contributed by atoms with Gasteiger partial charge in [-0.05, 0) is 6.42 Å². The molecular formula is C15H31NO3. The van der Waals surface area contributed by atoms with E-state index in [2.05, 4.69) is 12.2 Å². The molecule has 0 aromatic rings. The smallest absolute Gasteiger partial charge is 0.0927 e. The zero-order chi connectivity index (χ0) is 14.1. The molecule has 1 fully saturated rings. The van der Waals surface area contributed by atoms with Crippen molar-refractivity contribution in [1.29, 1.82) is 0 Å². The number of rotatable bonds is 9. The molecule has 0 bridgehead atoms. The molecule has 0 aliphatic carbocycles. The summed E-state index contributed by atoms with van der Waals surface area (Å²) in [7, 11) is 0. The summed E-state index contributed by atoms with van der Waals surface area (Å²) in [5.41, 5.74) is 0. The number of nitrogens with one attached hydrogen (secondary N) is 1. The van der Waals surface area contributed by atoms with Crippen LogP contribution in [0.2, 0.25) is 0 Å². The molecule has 114 valence electrons. The van der Waals surface area contributed by atoms with Gasteiger partial charge in [0.05, 0.1) is 12.2 Å². The number of piperidine rings is 1. The van der Waals surface area contributed by atoms with Crippen molar-refractivity contribution < 1.29 is 15.3 Å². The second-order valence-corrected chi connectivity index (χ2v) is 5.83. The molecule has 0 amide bonds. The minimum Gasteiger partial charge on any atom is -0.396 e. The molecule has 4 heteroatoms. The molecule has 0 spiro atoms. The minimum absolute atomic E-state index is 0.0631. The van der Waals surface area contributed by atoms with E-state index in [0.717, 1.165) is 12.8 Å². The van der Waals surface area contributed by atoms with Crippen LogP contribution in [0.5, 0.6) is 0 Å². The van der Waals surface area contributed by atoms with Crippen molar-refractivity contribution in [2.75, 3.05) is 13.2 Å². The van der Waals surface area contributed by atoms with Gasteiger partial charge in [-0.15, -0.1) is 0 Å². The molecule has 0 aromatic carbocycles. The molecule has 4 atom stereocenters. The van der Waals surface area contributed by atoms with Crippen LogP contribution < -0.4 is 5.32 Å². The zero-order valence-electron chi connectivity index (χ0n) is 12.2. The average Bonchev–Trinajstić information content (AvgIpc) is 2.42. The van der Waals surface area contributed by atoms with E-state index in [1.54, 1.807) is 0 Å². The van der Waals surface area contributed by atoms with Gasteiger partial charge in [-0.25, -0.2) is 0 Å². The van der Waals surface area contributed by atoms with Gasteiger partial charge in [0.1, 0.15) is 0 Å². The van der Waals surface area contributed by atoms with Crippen molar-refractivity contribution in [3.05, 3.63) is 0 Å². The van der Waals surface area contributed by atoms with E-state index in [0.29, 0.717) is 6.54 Å². The van der Waals surface area contributed by atoms with Crippen LogP contribution in [0.1, 0.15) is 58.3 Å². The van der Waals surface area contributed by atoms with Gasteiger partial charge in [0.2, 0.25) is 0 Å². The number of aliphatic hydroxyl groups is 3. The summed E-state index contributed by atoms with van der Waals surface area (Å²) >= 11 is 0. The number of hydrogen-bond acceptors (Lipinski definition) is 4. The third-order valence-electron chi connectivity index (χ3n) is 4.27. The summed E-state index contributed by atoms with van der Waals surface area (Å²) in [5, 5.41) is 32.0. The number of aliphatic hydroxyl groups excluding tert-OH is 3. The van der Waals surface area contributed by atoms with Gasteiger partial charge in [0, 0.05) is 25.1 Å². The largest absolute Gasteiger partial charge is 0.396 e. The van der Waals surface area contributed by atoms with Crippen LogP contribution in [0.3, 0.4) is 0 Å². The first kappa shape index (κ1) is 16.9. The second-order valence-electron chi connectivity index (χ2n) is 5.83. The Morgan fingerprint density at radius 3 is 2.26 bits per heavy atom. The van der Waals surface area contributed by atoms with Gasteiger partial charge < -0.3 is 20.6 Å². The van der Waals surface area contributed by atoms with Crippen molar-refractivity contribution in [3.8, 4) is 0 Å². The molecule has 19 heavy (non-hydrogen) atoms. The topological polar surface area (TPSA) is 72.7 Å². The second kappa shape index (κ2) is 9.70. The lowest BCUT2D eigenvalue weighted by Gasteiger charge is -2.38. The molecule has 1 aliphatic heterocycles. The molecule has 0 saturated carbocycles. The maximum atomic E-state index is 9.86. The van der Waals surface area contributed by atoms with Crippen molar-refractivity contribution in [2.24, 2.45) is 5.92 Å². The highest BCUT2D eigenvalue weighted by atomic mass is 16.3. The lowest BCUT2D eigenvalue weighted by atomic mass is 9.84. The fourth-order valence-electron chi connectivity index (χ4n) is 2.94. The Labute approximate surface area is 117 Å². The van der Waals surface area contributed by atoms with E-state index in [1.165, 1.54) is 38.5 Å². The van der Waals surface area contributed by atoms with Crippen LogP contribution in [-0.4, -0.2) is 46.7 Å². The van der Waals surface area contributed by atoms with Crippen molar-refractivity contribution in [1.82, 2.24) is 5.32 Å². The molecule has 4 nitrogen and oxygen atoms in total. The summed E-state index contributed by atoms with van der Waals surface area (Å²) in [5.74, 6) is -0.233. The average molecular weight is 273 g/mol. The zero-order valence-corrected chi connectivity index (χ0v) is 12.2. The molecule has 0 unspecified atom stereocenters. The predicted octanol–water partition coefficient (Wildman–Crippen LogP) is 1.43. The molecule has 1 rings (SSSR count). The minimum atomic E-state index is -0.791. The maximum Gasteiger partial charge on any atom is 0.0927 e. The Morgan fingerprint density at radius 2 is 1.63 bits per heavy atom. The first-order chi connectivity index (χ1) is 9.20. The summed E-state index contributed by atoms with van der Waals surface area (Å²) in [6.07, 6.45) is 8.33. The number of hydrogen-bond donors (Lipinski definition) is 4. The van der Waals surface area contributed by atoms with E-state index < -0.39 is 12.2 Å². The molecular weight excluding hydrogens is 242 g/mol. The summed E-state index contributed by atoms with van der Waals surface area (Å²) in [6, 6.07) is 0.138. The Morgan fingerprint density at radius 1 is 1.00 bits per heavy atom. The monoisotopic (exact) mass is 273 g/mol. The SMILES string of the molecule is CCCCCCCCC[C@@H]1NC[C@@H](O)[C@H](O)[C@H]1CO. The molecule has 1 saturated heterocycles. The number of unbranched alkanes of at least 4 members (excludes halogenated alkanes) is 6. The quantitative estimate of drug-likeness (QED) is 0.480. The van der Waals surface area contributed by atoms with E-state index in [1.807, 2.05) is 0 Å². The highest BCUT2D eigenvalue weighted by molar-refractivity contribution is 4.91. The van der Waals surface area contributed by atoms with Gasteiger partial charge in [0.15, 0.2) is 0 Å². The van der Waals surface area contributed by atoms with Crippen LogP contribution >= 0.6 is 0 Å². The highest BCUT2D eigenvalue weighted by Gasteiger charge is 2.36. The summed E-state index contributed by atoms with van der Waals surface area (Å²) < 4.78 is 0. The highest BCUT2D eigenvalue weighted by Crippen LogP contribution is 2.22. The van der Waals surface area contributed by atoms with Crippen LogP contribution in [0.15, 0.2) is 0 Å². The third kappa shape index (κ3) is 5.78. The van der Waals surface area contributed by atoms with Crippen LogP contribution in [0, 0.1) is 5.92 Å². The Balaban J connectivity index is 2.14. The van der Waals surface area contributed by atoms with Crippen molar-refractivity contribution in [2.45, 2.75) is 76.5 Å². The Hall–Kier alpha value is -0.160. The molecule has 1 heterocycles. The standard InChI is InChI=1S/C15H31NO3/c1-2-3-4-5-6-7-8-9-13-12(11-17)15(19)14(18)10-16-13/h12-19H,2-11H2,1H3/t12-,13-,14+,15+/m0/s1. The van der Waals surface area contributed by atoms with Gasteiger partial charge in [-0.2, -0.15) is 0 Å². The van der Waals surface area contributed by atoms with E-state index in [-0.39, 0.29) is 18.6 Å². The lowest BCUT2D eigenvalue weighted by molar-refractivity contribution is -0.0679. The van der Waals surface area contributed by atoms with Crippen LogP contribution in [0.4, 0.5) is 0 Å². The predicted molar refractivity (Wildman–Crippen MR) is 77.0 cm³/mol. The van der Waals surface area contributed by atoms with Gasteiger partial charge in [-0.3, -0.25) is 0 Å². The lowest BCUT2D eigenvalue weighted by Crippen LogP contribution is -2.57. The molecule has 4 N–H and O–H groups in total. The van der Waals surface area contributed by atoms with E-state index in [4.69, 9.17) is 0 Å². The number of β-amino-alcohol motifs (C(OH)–C–C–N with tert-alkyl or cyclic N) is 1. The Kier molecular flexibility index (Phi) is 8.62. The van der Waals surface area contributed by atoms with Crippen molar-refractivity contribution >= 4 is 0 Å². The van der Waals surface area contributed by atoms with Crippen molar-refractivity contribution in [3.63, 3.8) is 0 Å². The van der Waals surface area contributed by atoms with E-state index in [9.17, 15) is 15.3 Å². The van der Waals surface area contributed by atoms with Crippen LogP contribution in [0.25, 0.3) is 0 Å². The molecule has 0 aromatic heterocycles. The summed E-state index contributed by atoms with van der Waals surface area (Å²) in [6.45, 7) is 2.59. The Bertz CT molecular complexity index is 225. The van der Waals surface area contributed by atoms with Crippen LogP contribution in [-0.2, 0) is 0 Å². The fourth-order valence-corrected chi connectivity index (χ4v) is 2.94. The molecule has 0 radical (unpaired) electrons.